The van der Waals surface area contributed by atoms with Crippen LogP contribution in [0.4, 0.5) is 0 Å². The molecule has 0 saturated carbocycles. The SMILES string of the molecule is CCCCC/C=C\C/C=C\CCCCCCCC(=O)OCC(COC(=O)CCCCCCCCCCCCCCCCCCCCCCCCCCCCCC)OC(=O)CCCCCCCCCCCCCCCCCCCCCC. The number of rotatable bonds is 69. The number of unbranched alkanes of at least 4 members (excludes halogenated alkanes) is 54. The molecule has 0 aliphatic carbocycles. The van der Waals surface area contributed by atoms with Gasteiger partial charge in [0.1, 0.15) is 13.2 Å². The van der Waals surface area contributed by atoms with Crippen LogP contribution in [-0.4, -0.2) is 37.2 Å². The van der Waals surface area contributed by atoms with Gasteiger partial charge in [-0.1, -0.05) is 373 Å². The molecule has 0 aromatic rings. The number of hydrogen-bond donors (Lipinski definition) is 0. The molecular weight excluding hydrogens is 997 g/mol. The van der Waals surface area contributed by atoms with Crippen molar-refractivity contribution in [1.29, 1.82) is 0 Å². The summed E-state index contributed by atoms with van der Waals surface area (Å²) in [4.78, 5) is 38.5. The smallest absolute Gasteiger partial charge is 0.306 e. The highest BCUT2D eigenvalue weighted by Gasteiger charge is 2.20. The largest absolute Gasteiger partial charge is 0.462 e. The zero-order chi connectivity index (χ0) is 58.5. The third-order valence-electron chi connectivity index (χ3n) is 17.0. The van der Waals surface area contributed by atoms with Crippen molar-refractivity contribution < 1.29 is 28.6 Å². The summed E-state index contributed by atoms with van der Waals surface area (Å²) in [6.45, 7) is 6.69. The maximum atomic E-state index is 13.0. The fraction of sp³-hybridized carbons (Fsp3) is 0.907. The van der Waals surface area contributed by atoms with Gasteiger partial charge in [0.15, 0.2) is 6.10 Å². The number of esters is 3. The van der Waals surface area contributed by atoms with Crippen LogP contribution in [0, 0.1) is 0 Å². The molecule has 0 fully saturated rings. The van der Waals surface area contributed by atoms with E-state index < -0.39 is 6.10 Å². The Morgan fingerprint density at radius 2 is 0.444 bits per heavy atom. The summed E-state index contributed by atoms with van der Waals surface area (Å²) in [7, 11) is 0. The van der Waals surface area contributed by atoms with Crippen molar-refractivity contribution in [3.63, 3.8) is 0 Å². The Kier molecular flexibility index (Phi) is 68.5. The molecule has 0 aromatic heterocycles. The molecule has 0 radical (unpaired) electrons. The van der Waals surface area contributed by atoms with Crippen molar-refractivity contribution in [3.05, 3.63) is 24.3 Å². The van der Waals surface area contributed by atoms with E-state index in [-0.39, 0.29) is 31.1 Å². The molecule has 0 amide bonds. The molecule has 81 heavy (non-hydrogen) atoms. The summed E-state index contributed by atoms with van der Waals surface area (Å²) < 4.78 is 17.0. The quantitative estimate of drug-likeness (QED) is 0.0261. The fourth-order valence-corrected chi connectivity index (χ4v) is 11.4. The van der Waals surface area contributed by atoms with Gasteiger partial charge in [-0.15, -0.1) is 0 Å². The number of ether oxygens (including phenoxy) is 3. The molecule has 6 heteroatoms. The highest BCUT2D eigenvalue weighted by atomic mass is 16.6. The molecule has 0 aromatic carbocycles. The van der Waals surface area contributed by atoms with E-state index in [1.807, 2.05) is 0 Å². The summed E-state index contributed by atoms with van der Waals surface area (Å²) in [5.74, 6) is -0.849. The van der Waals surface area contributed by atoms with Crippen LogP contribution < -0.4 is 0 Å². The standard InChI is InChI=1S/C75H142O6/c1-4-7-10-13-16-19-22-25-28-30-32-34-35-36-37-38-39-40-41-43-44-47-50-53-56-59-62-65-68-74(77)80-71-72(70-79-73(76)67-64-61-58-55-52-49-46-27-24-21-18-15-12-9-6-3)81-75(78)69-66-63-60-57-54-51-48-45-42-33-31-29-26-23-20-17-14-11-8-5-2/h18,21,27,46,72H,4-17,19-20,22-26,28-45,47-71H2,1-3H3/b21-18-,46-27-. The highest BCUT2D eigenvalue weighted by Crippen LogP contribution is 2.19. The Hall–Kier alpha value is -2.11. The van der Waals surface area contributed by atoms with Crippen molar-refractivity contribution in [1.82, 2.24) is 0 Å². The van der Waals surface area contributed by atoms with Gasteiger partial charge < -0.3 is 14.2 Å². The molecule has 0 aliphatic rings. The first-order valence-corrected chi connectivity index (χ1v) is 36.8. The van der Waals surface area contributed by atoms with Crippen molar-refractivity contribution in [2.45, 2.75) is 425 Å². The summed E-state index contributed by atoms with van der Waals surface area (Å²) in [6, 6.07) is 0. The number of carbonyl (C=O) groups is 3. The van der Waals surface area contributed by atoms with Crippen molar-refractivity contribution in [2.24, 2.45) is 0 Å². The van der Waals surface area contributed by atoms with Crippen LogP contribution in [0.1, 0.15) is 419 Å². The van der Waals surface area contributed by atoms with Crippen LogP contribution in [0.15, 0.2) is 24.3 Å². The number of carbonyl (C=O) groups excluding carboxylic acids is 3. The average molecular weight is 1140 g/mol. The van der Waals surface area contributed by atoms with Crippen LogP contribution in [0.5, 0.6) is 0 Å². The summed E-state index contributed by atoms with van der Waals surface area (Å²) in [5.41, 5.74) is 0. The second-order valence-corrected chi connectivity index (χ2v) is 25.2. The van der Waals surface area contributed by atoms with E-state index in [0.717, 1.165) is 77.0 Å². The Bertz CT molecular complexity index is 1310. The molecule has 0 rings (SSSR count). The maximum absolute atomic E-state index is 13.0. The van der Waals surface area contributed by atoms with E-state index >= 15 is 0 Å². The van der Waals surface area contributed by atoms with Crippen LogP contribution >= 0.6 is 0 Å². The van der Waals surface area contributed by atoms with Crippen LogP contribution in [0.25, 0.3) is 0 Å². The zero-order valence-electron chi connectivity index (χ0n) is 55.1. The fourth-order valence-electron chi connectivity index (χ4n) is 11.4. The van der Waals surface area contributed by atoms with Gasteiger partial charge in [0.2, 0.25) is 0 Å². The van der Waals surface area contributed by atoms with Gasteiger partial charge in [0, 0.05) is 19.3 Å². The zero-order valence-corrected chi connectivity index (χ0v) is 55.1. The molecule has 0 spiro atoms. The topological polar surface area (TPSA) is 78.9 Å². The minimum absolute atomic E-state index is 0.0691. The summed E-state index contributed by atoms with van der Waals surface area (Å²) in [5, 5.41) is 0. The van der Waals surface area contributed by atoms with Gasteiger partial charge in [-0.3, -0.25) is 14.4 Å². The van der Waals surface area contributed by atoms with Gasteiger partial charge in [-0.25, -0.2) is 0 Å². The minimum Gasteiger partial charge on any atom is -0.462 e. The third kappa shape index (κ3) is 68.6. The molecule has 0 saturated heterocycles. The van der Waals surface area contributed by atoms with Gasteiger partial charge in [-0.2, -0.15) is 0 Å². The molecular formula is C75H142O6. The monoisotopic (exact) mass is 1140 g/mol. The first-order chi connectivity index (χ1) is 40.0. The third-order valence-corrected chi connectivity index (χ3v) is 17.0. The summed E-state index contributed by atoms with van der Waals surface area (Å²) >= 11 is 0. The Labute approximate surface area is 506 Å². The first kappa shape index (κ1) is 78.9. The Balaban J connectivity index is 4.21. The lowest BCUT2D eigenvalue weighted by molar-refractivity contribution is -0.167. The number of allylic oxidation sites excluding steroid dienone is 4. The molecule has 1 atom stereocenters. The molecule has 0 bridgehead atoms. The molecule has 0 N–H and O–H groups in total. The lowest BCUT2D eigenvalue weighted by Crippen LogP contribution is -2.30. The highest BCUT2D eigenvalue weighted by molar-refractivity contribution is 5.71. The summed E-state index contributed by atoms with van der Waals surface area (Å²) in [6.07, 6.45) is 86.5. The van der Waals surface area contributed by atoms with Gasteiger partial charge in [0.05, 0.1) is 0 Å². The second kappa shape index (κ2) is 70.4. The lowest BCUT2D eigenvalue weighted by atomic mass is 10.0. The van der Waals surface area contributed by atoms with Gasteiger partial charge >= 0.3 is 17.9 Å². The molecule has 1 unspecified atom stereocenters. The Morgan fingerprint density at radius 1 is 0.247 bits per heavy atom. The Morgan fingerprint density at radius 3 is 0.704 bits per heavy atom. The van der Waals surface area contributed by atoms with E-state index in [4.69, 9.17) is 14.2 Å². The lowest BCUT2D eigenvalue weighted by Gasteiger charge is -2.18. The van der Waals surface area contributed by atoms with Crippen molar-refractivity contribution in [3.8, 4) is 0 Å². The van der Waals surface area contributed by atoms with Crippen LogP contribution in [-0.2, 0) is 28.6 Å². The molecule has 0 aliphatic heterocycles. The number of hydrogen-bond acceptors (Lipinski definition) is 6. The average Bonchev–Trinajstić information content (AvgIpc) is 3.47. The first-order valence-electron chi connectivity index (χ1n) is 36.8. The second-order valence-electron chi connectivity index (χ2n) is 25.2. The molecule has 0 heterocycles. The maximum Gasteiger partial charge on any atom is 0.306 e. The van der Waals surface area contributed by atoms with Gasteiger partial charge in [-0.05, 0) is 51.4 Å². The van der Waals surface area contributed by atoms with Crippen molar-refractivity contribution in [2.75, 3.05) is 13.2 Å². The van der Waals surface area contributed by atoms with E-state index in [0.29, 0.717) is 19.3 Å². The van der Waals surface area contributed by atoms with Crippen LogP contribution in [0.3, 0.4) is 0 Å². The van der Waals surface area contributed by atoms with Gasteiger partial charge in [0.25, 0.3) is 0 Å². The molecule has 478 valence electrons. The minimum atomic E-state index is -0.774. The molecule has 6 nitrogen and oxygen atoms in total. The van der Waals surface area contributed by atoms with E-state index in [1.165, 1.54) is 302 Å². The van der Waals surface area contributed by atoms with Crippen LogP contribution in [0.2, 0.25) is 0 Å². The predicted octanol–water partition coefficient (Wildman–Crippen LogP) is 25.3. The normalized spacial score (nSPS) is 12.1. The van der Waals surface area contributed by atoms with E-state index in [1.54, 1.807) is 0 Å². The predicted molar refractivity (Wildman–Crippen MR) is 353 cm³/mol. The van der Waals surface area contributed by atoms with Crippen molar-refractivity contribution >= 4 is 17.9 Å². The van der Waals surface area contributed by atoms with E-state index in [9.17, 15) is 14.4 Å². The van der Waals surface area contributed by atoms with E-state index in [2.05, 4.69) is 45.1 Å².